The molecule has 0 N–H and O–H groups in total. The molecule has 1 aromatic carbocycles. The van der Waals surface area contributed by atoms with Crippen molar-refractivity contribution in [2.24, 2.45) is 0 Å². The van der Waals surface area contributed by atoms with E-state index in [0.29, 0.717) is 5.56 Å². The van der Waals surface area contributed by atoms with Gasteiger partial charge in [-0.2, -0.15) is 0 Å². The second kappa shape index (κ2) is 6.39. The summed E-state index contributed by atoms with van der Waals surface area (Å²) in [5, 5.41) is 1.47. The fraction of sp³-hybridized carbons (Fsp3) is 0.214. The average Bonchev–Trinajstić information content (AvgIpc) is 2.89. The van der Waals surface area contributed by atoms with Crippen LogP contribution in [0.2, 0.25) is 0 Å². The van der Waals surface area contributed by atoms with E-state index in [2.05, 4.69) is 31.9 Å². The normalized spacial score (nSPS) is 10.5. The standard InChI is InChI=1S/C14H13Br2NO2/c1-19-13-4-2-10(3-5-13)14(18)17-8-11(6-15)12(7-16)9-17/h2-5,8-9H,6-7H2,1H3. The first-order valence-corrected chi connectivity index (χ1v) is 7.94. The van der Waals surface area contributed by atoms with Gasteiger partial charge in [0.2, 0.25) is 0 Å². The summed E-state index contributed by atoms with van der Waals surface area (Å²) in [5.74, 6) is 0.698. The molecule has 0 atom stereocenters. The van der Waals surface area contributed by atoms with Crippen molar-refractivity contribution in [2.45, 2.75) is 10.7 Å². The van der Waals surface area contributed by atoms with E-state index < -0.39 is 0 Å². The van der Waals surface area contributed by atoms with Gasteiger partial charge >= 0.3 is 0 Å². The summed E-state index contributed by atoms with van der Waals surface area (Å²) in [6.45, 7) is 0. The highest BCUT2D eigenvalue weighted by Crippen LogP contribution is 2.19. The van der Waals surface area contributed by atoms with E-state index in [-0.39, 0.29) is 5.91 Å². The van der Waals surface area contributed by atoms with Crippen LogP contribution >= 0.6 is 31.9 Å². The zero-order valence-electron chi connectivity index (χ0n) is 10.4. The number of benzene rings is 1. The average molecular weight is 387 g/mol. The molecule has 0 amide bonds. The smallest absolute Gasteiger partial charge is 0.261 e. The number of halogens is 2. The highest BCUT2D eigenvalue weighted by atomic mass is 79.9. The number of methoxy groups -OCH3 is 1. The fourth-order valence-electron chi connectivity index (χ4n) is 1.78. The number of carbonyl (C=O) groups is 1. The molecule has 2 rings (SSSR count). The van der Waals surface area contributed by atoms with Crippen LogP contribution < -0.4 is 4.74 Å². The maximum atomic E-state index is 12.3. The molecule has 0 fully saturated rings. The molecule has 0 bridgehead atoms. The van der Waals surface area contributed by atoms with Crippen molar-refractivity contribution < 1.29 is 9.53 Å². The molecule has 0 aliphatic heterocycles. The van der Waals surface area contributed by atoms with E-state index in [4.69, 9.17) is 4.74 Å². The molecule has 0 unspecified atom stereocenters. The molecule has 0 spiro atoms. The molecule has 5 heteroatoms. The first-order valence-electron chi connectivity index (χ1n) is 5.70. The Morgan fingerprint density at radius 2 is 1.63 bits per heavy atom. The molecule has 1 heterocycles. The van der Waals surface area contributed by atoms with Crippen molar-refractivity contribution in [3.05, 3.63) is 53.3 Å². The Kier molecular flexibility index (Phi) is 4.82. The molecule has 0 aliphatic carbocycles. The van der Waals surface area contributed by atoms with Gasteiger partial charge in [-0.15, -0.1) is 0 Å². The van der Waals surface area contributed by atoms with Crippen molar-refractivity contribution in [1.82, 2.24) is 4.57 Å². The number of carbonyl (C=O) groups excluding carboxylic acids is 1. The largest absolute Gasteiger partial charge is 0.497 e. The molecule has 1 aromatic heterocycles. The van der Waals surface area contributed by atoms with Crippen LogP contribution in [0.25, 0.3) is 0 Å². The Hall–Kier alpha value is -1.07. The first-order chi connectivity index (χ1) is 9.19. The van der Waals surface area contributed by atoms with Gasteiger partial charge in [0.15, 0.2) is 0 Å². The van der Waals surface area contributed by atoms with Crippen LogP contribution in [0.3, 0.4) is 0 Å². The second-order valence-corrected chi connectivity index (χ2v) is 5.14. The summed E-state index contributed by atoms with van der Waals surface area (Å²) >= 11 is 6.85. The van der Waals surface area contributed by atoms with Gasteiger partial charge in [0.1, 0.15) is 5.75 Å². The summed E-state index contributed by atoms with van der Waals surface area (Å²) in [4.78, 5) is 12.3. The van der Waals surface area contributed by atoms with Gasteiger partial charge in [0.05, 0.1) is 7.11 Å². The van der Waals surface area contributed by atoms with E-state index in [1.165, 1.54) is 0 Å². The highest BCUT2D eigenvalue weighted by Gasteiger charge is 2.12. The fourth-order valence-corrected chi connectivity index (χ4v) is 2.79. The summed E-state index contributed by atoms with van der Waals surface area (Å²) in [5.41, 5.74) is 2.86. The maximum absolute atomic E-state index is 12.3. The number of aromatic nitrogens is 1. The molecule has 0 radical (unpaired) electrons. The number of hydrogen-bond acceptors (Lipinski definition) is 2. The van der Waals surface area contributed by atoms with Crippen LogP contribution in [0.5, 0.6) is 5.75 Å². The van der Waals surface area contributed by atoms with Crippen LogP contribution in [0.4, 0.5) is 0 Å². The Bertz CT molecular complexity index is 554. The van der Waals surface area contributed by atoms with E-state index >= 15 is 0 Å². The molecule has 19 heavy (non-hydrogen) atoms. The Morgan fingerprint density at radius 1 is 1.11 bits per heavy atom. The van der Waals surface area contributed by atoms with Gasteiger partial charge in [-0.05, 0) is 35.4 Å². The molecule has 0 saturated heterocycles. The third-order valence-electron chi connectivity index (χ3n) is 2.86. The maximum Gasteiger partial charge on any atom is 0.261 e. The van der Waals surface area contributed by atoms with Crippen LogP contribution in [0.1, 0.15) is 21.5 Å². The lowest BCUT2D eigenvalue weighted by Crippen LogP contribution is -2.09. The molecule has 100 valence electrons. The minimum atomic E-state index is -0.0444. The Labute approximate surface area is 128 Å². The van der Waals surface area contributed by atoms with Crippen molar-refractivity contribution in [1.29, 1.82) is 0 Å². The zero-order valence-corrected chi connectivity index (χ0v) is 13.6. The van der Waals surface area contributed by atoms with Crippen molar-refractivity contribution >= 4 is 37.8 Å². The third kappa shape index (κ3) is 3.09. The van der Waals surface area contributed by atoms with Gasteiger partial charge in [0.25, 0.3) is 5.91 Å². The predicted molar refractivity (Wildman–Crippen MR) is 82.4 cm³/mol. The van der Waals surface area contributed by atoms with Crippen molar-refractivity contribution in [3.8, 4) is 5.75 Å². The van der Waals surface area contributed by atoms with E-state index in [1.54, 1.807) is 35.9 Å². The van der Waals surface area contributed by atoms with E-state index in [9.17, 15) is 4.79 Å². The number of alkyl halides is 2. The Balaban J connectivity index is 2.29. The summed E-state index contributed by atoms with van der Waals surface area (Å²) < 4.78 is 6.70. The van der Waals surface area contributed by atoms with Crippen molar-refractivity contribution in [2.75, 3.05) is 7.11 Å². The predicted octanol–water partition coefficient (Wildman–Crippen LogP) is 3.98. The minimum absolute atomic E-state index is 0.0444. The quantitative estimate of drug-likeness (QED) is 0.744. The van der Waals surface area contributed by atoms with Crippen LogP contribution in [0.15, 0.2) is 36.7 Å². The number of ether oxygens (including phenoxy) is 1. The summed E-state index contributed by atoms with van der Waals surface area (Å²) in [6.07, 6.45) is 3.72. The zero-order chi connectivity index (χ0) is 13.8. The third-order valence-corrected chi connectivity index (χ3v) is 4.07. The van der Waals surface area contributed by atoms with E-state index in [1.807, 2.05) is 12.4 Å². The van der Waals surface area contributed by atoms with Crippen molar-refractivity contribution in [3.63, 3.8) is 0 Å². The SMILES string of the molecule is COc1ccc(C(=O)n2cc(CBr)c(CBr)c2)cc1. The van der Waals surface area contributed by atoms with Crippen LogP contribution in [-0.4, -0.2) is 17.6 Å². The monoisotopic (exact) mass is 385 g/mol. The molecular formula is C14H13Br2NO2. The summed E-state index contributed by atoms with van der Waals surface area (Å²) in [6, 6.07) is 7.10. The molecule has 0 aliphatic rings. The summed E-state index contributed by atoms with van der Waals surface area (Å²) in [7, 11) is 1.60. The topological polar surface area (TPSA) is 31.2 Å². The number of hydrogen-bond donors (Lipinski definition) is 0. The lowest BCUT2D eigenvalue weighted by molar-refractivity contribution is 0.0960. The lowest BCUT2D eigenvalue weighted by atomic mass is 10.2. The first kappa shape index (κ1) is 14.3. The van der Waals surface area contributed by atoms with Crippen LogP contribution in [0, 0.1) is 0 Å². The van der Waals surface area contributed by atoms with Crippen LogP contribution in [-0.2, 0) is 10.7 Å². The van der Waals surface area contributed by atoms with Gasteiger partial charge < -0.3 is 4.74 Å². The van der Waals surface area contributed by atoms with E-state index in [0.717, 1.165) is 27.5 Å². The Morgan fingerprint density at radius 3 is 2.05 bits per heavy atom. The lowest BCUT2D eigenvalue weighted by Gasteiger charge is -2.03. The second-order valence-electron chi connectivity index (χ2n) is 4.02. The minimum Gasteiger partial charge on any atom is -0.497 e. The van der Waals surface area contributed by atoms with Gasteiger partial charge in [-0.25, -0.2) is 0 Å². The van der Waals surface area contributed by atoms with Gasteiger partial charge in [0, 0.05) is 28.6 Å². The number of nitrogens with zero attached hydrogens (tertiary/aromatic N) is 1. The molecule has 2 aromatic rings. The molecule has 3 nitrogen and oxygen atoms in total. The molecular weight excluding hydrogens is 374 g/mol. The van der Waals surface area contributed by atoms with Gasteiger partial charge in [-0.3, -0.25) is 9.36 Å². The van der Waals surface area contributed by atoms with Gasteiger partial charge in [-0.1, -0.05) is 31.9 Å². The number of rotatable bonds is 4. The highest BCUT2D eigenvalue weighted by molar-refractivity contribution is 9.09. The molecule has 0 saturated carbocycles.